The summed E-state index contributed by atoms with van der Waals surface area (Å²) in [7, 11) is 0. The number of carbonyl (C=O) groups excluding carboxylic acids is 1. The topological polar surface area (TPSA) is 84.2 Å². The van der Waals surface area contributed by atoms with Crippen LogP contribution in [0.25, 0.3) is 5.69 Å². The number of rotatable bonds is 5. The molecule has 0 bridgehead atoms. The smallest absolute Gasteiger partial charge is 0.308 e. The maximum Gasteiger partial charge on any atom is 0.308 e. The minimum absolute atomic E-state index is 0.0870. The van der Waals surface area contributed by atoms with E-state index < -0.39 is 11.9 Å². The van der Waals surface area contributed by atoms with E-state index in [1.54, 1.807) is 17.8 Å². The van der Waals surface area contributed by atoms with E-state index in [1.165, 1.54) is 6.20 Å². The molecule has 1 aromatic heterocycles. The van der Waals surface area contributed by atoms with Gasteiger partial charge < -0.3 is 10.4 Å². The average Bonchev–Trinajstić information content (AvgIpc) is 2.94. The summed E-state index contributed by atoms with van der Waals surface area (Å²) < 4.78 is 1.63. The van der Waals surface area contributed by atoms with E-state index in [0.717, 1.165) is 11.3 Å². The number of nitrogens with one attached hydrogen (secondary N) is 1. The first kappa shape index (κ1) is 14.8. The van der Waals surface area contributed by atoms with E-state index in [-0.39, 0.29) is 12.5 Å². The lowest BCUT2D eigenvalue weighted by molar-refractivity contribution is -0.140. The first-order valence-corrected chi connectivity index (χ1v) is 6.60. The van der Waals surface area contributed by atoms with Gasteiger partial charge in [-0.1, -0.05) is 25.1 Å². The highest BCUT2D eigenvalue weighted by Crippen LogP contribution is 2.13. The molecule has 1 aromatic carbocycles. The quantitative estimate of drug-likeness (QED) is 0.875. The van der Waals surface area contributed by atoms with Crippen LogP contribution in [0.1, 0.15) is 22.8 Å². The Kier molecular flexibility index (Phi) is 4.37. The number of hydrogen-bond donors (Lipinski definition) is 2. The number of carbonyl (C=O) groups is 2. The van der Waals surface area contributed by atoms with Crippen LogP contribution in [0, 0.1) is 12.8 Å². The summed E-state index contributed by atoms with van der Waals surface area (Å²) in [6, 6.07) is 7.71. The van der Waals surface area contributed by atoms with Gasteiger partial charge in [0.15, 0.2) is 0 Å². The van der Waals surface area contributed by atoms with Crippen molar-refractivity contribution < 1.29 is 14.7 Å². The first-order chi connectivity index (χ1) is 9.99. The number of aliphatic carboxylic acids is 1. The fourth-order valence-electron chi connectivity index (χ4n) is 1.83. The van der Waals surface area contributed by atoms with Gasteiger partial charge in [-0.15, -0.1) is 0 Å². The molecule has 0 radical (unpaired) electrons. The van der Waals surface area contributed by atoms with Gasteiger partial charge in [0.05, 0.1) is 23.4 Å². The van der Waals surface area contributed by atoms with E-state index in [2.05, 4.69) is 10.4 Å². The first-order valence-electron chi connectivity index (χ1n) is 6.60. The van der Waals surface area contributed by atoms with Gasteiger partial charge in [-0.25, -0.2) is 4.68 Å². The number of hydrogen-bond acceptors (Lipinski definition) is 3. The van der Waals surface area contributed by atoms with Gasteiger partial charge in [0.2, 0.25) is 0 Å². The van der Waals surface area contributed by atoms with Crippen LogP contribution >= 0.6 is 0 Å². The van der Waals surface area contributed by atoms with Crippen LogP contribution < -0.4 is 5.32 Å². The third kappa shape index (κ3) is 3.47. The van der Waals surface area contributed by atoms with E-state index >= 15 is 0 Å². The predicted octanol–water partition coefficient (Wildman–Crippen LogP) is 1.63. The van der Waals surface area contributed by atoms with Gasteiger partial charge in [0.25, 0.3) is 5.91 Å². The van der Waals surface area contributed by atoms with E-state index in [0.29, 0.717) is 5.56 Å². The zero-order valence-electron chi connectivity index (χ0n) is 11.9. The number of aromatic nitrogens is 2. The summed E-state index contributed by atoms with van der Waals surface area (Å²) in [4.78, 5) is 22.7. The highest BCUT2D eigenvalue weighted by Gasteiger charge is 2.14. The molecule has 0 saturated carbocycles. The summed E-state index contributed by atoms with van der Waals surface area (Å²) in [5.74, 6) is -1.89. The van der Waals surface area contributed by atoms with Crippen molar-refractivity contribution in [3.8, 4) is 5.69 Å². The minimum Gasteiger partial charge on any atom is -0.481 e. The SMILES string of the molecule is Cc1ccccc1-n1cc(C(=O)NCC(C)C(=O)O)cn1. The molecule has 1 unspecified atom stereocenters. The zero-order chi connectivity index (χ0) is 15.4. The van der Waals surface area contributed by atoms with Gasteiger partial charge in [0.1, 0.15) is 0 Å². The summed E-state index contributed by atoms with van der Waals surface area (Å²) in [5, 5.41) is 15.5. The van der Waals surface area contributed by atoms with Crippen LogP contribution in [0.3, 0.4) is 0 Å². The number of amides is 1. The van der Waals surface area contributed by atoms with Crippen LogP contribution in [-0.4, -0.2) is 33.3 Å². The Morgan fingerprint density at radius 1 is 1.38 bits per heavy atom. The molecule has 110 valence electrons. The van der Waals surface area contributed by atoms with Crippen LogP contribution in [0.4, 0.5) is 0 Å². The minimum atomic E-state index is -0.939. The summed E-state index contributed by atoms with van der Waals surface area (Å²) >= 11 is 0. The fraction of sp³-hybridized carbons (Fsp3) is 0.267. The normalized spacial score (nSPS) is 11.9. The molecule has 2 rings (SSSR count). The van der Waals surface area contributed by atoms with Crippen molar-refractivity contribution in [2.45, 2.75) is 13.8 Å². The van der Waals surface area contributed by atoms with Gasteiger partial charge >= 0.3 is 5.97 Å². The maximum atomic E-state index is 11.9. The van der Waals surface area contributed by atoms with Crippen molar-refractivity contribution in [3.05, 3.63) is 47.8 Å². The predicted molar refractivity (Wildman–Crippen MR) is 77.4 cm³/mol. The Bertz CT molecular complexity index is 664. The van der Waals surface area contributed by atoms with Crippen molar-refractivity contribution in [3.63, 3.8) is 0 Å². The van der Waals surface area contributed by atoms with Crippen molar-refractivity contribution >= 4 is 11.9 Å². The number of carboxylic acid groups (broad SMARTS) is 1. The number of carboxylic acids is 1. The molecule has 6 heteroatoms. The second-order valence-corrected chi connectivity index (χ2v) is 4.91. The van der Waals surface area contributed by atoms with Crippen LogP contribution in [0.5, 0.6) is 0 Å². The lowest BCUT2D eigenvalue weighted by Gasteiger charge is -2.07. The van der Waals surface area contributed by atoms with E-state index in [9.17, 15) is 9.59 Å². The molecular weight excluding hydrogens is 270 g/mol. The largest absolute Gasteiger partial charge is 0.481 e. The fourth-order valence-corrected chi connectivity index (χ4v) is 1.83. The molecule has 0 aliphatic rings. The van der Waals surface area contributed by atoms with E-state index in [1.807, 2.05) is 31.2 Å². The average molecular weight is 287 g/mol. The highest BCUT2D eigenvalue weighted by atomic mass is 16.4. The lowest BCUT2D eigenvalue weighted by Crippen LogP contribution is -2.31. The Balaban J connectivity index is 2.08. The number of nitrogens with zero attached hydrogens (tertiary/aromatic N) is 2. The Morgan fingerprint density at radius 2 is 2.10 bits per heavy atom. The summed E-state index contributed by atoms with van der Waals surface area (Å²) in [5.41, 5.74) is 2.35. The molecule has 21 heavy (non-hydrogen) atoms. The molecule has 0 fully saturated rings. The monoisotopic (exact) mass is 287 g/mol. The highest BCUT2D eigenvalue weighted by molar-refractivity contribution is 5.94. The molecule has 2 aromatic rings. The molecule has 6 nitrogen and oxygen atoms in total. The van der Waals surface area contributed by atoms with Gasteiger partial charge in [-0.05, 0) is 18.6 Å². The van der Waals surface area contributed by atoms with Gasteiger partial charge in [0, 0.05) is 12.7 Å². The Hall–Kier alpha value is -2.63. The van der Waals surface area contributed by atoms with Crippen LogP contribution in [0.15, 0.2) is 36.7 Å². The molecule has 0 aliphatic heterocycles. The molecular formula is C15H17N3O3. The summed E-state index contributed by atoms with van der Waals surface area (Å²) in [6.45, 7) is 3.59. The van der Waals surface area contributed by atoms with Gasteiger partial charge in [-0.3, -0.25) is 9.59 Å². The second-order valence-electron chi connectivity index (χ2n) is 4.91. The number of aryl methyl sites for hydroxylation is 1. The van der Waals surface area contributed by atoms with Crippen molar-refractivity contribution in [2.75, 3.05) is 6.54 Å². The lowest BCUT2D eigenvalue weighted by atomic mass is 10.2. The third-order valence-electron chi connectivity index (χ3n) is 3.20. The Labute approximate surface area is 122 Å². The van der Waals surface area contributed by atoms with Gasteiger partial charge in [-0.2, -0.15) is 5.10 Å². The zero-order valence-corrected chi connectivity index (χ0v) is 11.9. The van der Waals surface area contributed by atoms with Crippen LogP contribution in [0.2, 0.25) is 0 Å². The van der Waals surface area contributed by atoms with Crippen molar-refractivity contribution in [2.24, 2.45) is 5.92 Å². The molecule has 0 saturated heterocycles. The third-order valence-corrected chi connectivity index (χ3v) is 3.20. The maximum absolute atomic E-state index is 11.9. The number of benzene rings is 1. The number of para-hydroxylation sites is 1. The molecule has 0 spiro atoms. The van der Waals surface area contributed by atoms with Crippen LogP contribution in [-0.2, 0) is 4.79 Å². The van der Waals surface area contributed by atoms with Crippen molar-refractivity contribution in [1.29, 1.82) is 0 Å². The molecule has 2 N–H and O–H groups in total. The van der Waals surface area contributed by atoms with Crippen molar-refractivity contribution in [1.82, 2.24) is 15.1 Å². The standard InChI is InChI=1S/C15H17N3O3/c1-10-5-3-4-6-13(10)18-9-12(8-17-18)14(19)16-7-11(2)15(20)21/h3-6,8-9,11H,7H2,1-2H3,(H,16,19)(H,20,21). The molecule has 1 atom stereocenters. The Morgan fingerprint density at radius 3 is 2.76 bits per heavy atom. The summed E-state index contributed by atoms with van der Waals surface area (Å²) in [6.07, 6.45) is 3.09. The molecule has 1 heterocycles. The molecule has 0 aliphatic carbocycles. The molecule has 1 amide bonds. The second kappa shape index (κ2) is 6.21. The van der Waals surface area contributed by atoms with E-state index in [4.69, 9.17) is 5.11 Å².